The van der Waals surface area contributed by atoms with E-state index in [1.807, 2.05) is 6.07 Å². The first-order chi connectivity index (χ1) is 12.7. The first-order valence-corrected chi connectivity index (χ1v) is 9.19. The molecule has 7 nitrogen and oxygen atoms in total. The number of ether oxygens (including phenoxy) is 2. The SMILES string of the molecule is O=C(Nc1cccc(OCC2CCCO2)c1)c1cnc2sccn2c1=O. The Morgan fingerprint density at radius 2 is 2.38 bits per heavy atom. The van der Waals surface area contributed by atoms with Gasteiger partial charge in [-0.05, 0) is 25.0 Å². The maximum Gasteiger partial charge on any atom is 0.271 e. The Balaban J connectivity index is 1.47. The number of thiazole rings is 1. The van der Waals surface area contributed by atoms with Crippen molar-refractivity contribution in [1.82, 2.24) is 9.38 Å². The van der Waals surface area contributed by atoms with Crippen LogP contribution in [0.25, 0.3) is 4.96 Å². The Kier molecular flexibility index (Phi) is 4.68. The molecule has 1 amide bonds. The van der Waals surface area contributed by atoms with Gasteiger partial charge in [-0.3, -0.25) is 14.0 Å². The number of nitrogens with one attached hydrogen (secondary N) is 1. The lowest BCUT2D eigenvalue weighted by Gasteiger charge is -2.12. The summed E-state index contributed by atoms with van der Waals surface area (Å²) in [7, 11) is 0. The van der Waals surface area contributed by atoms with Crippen LogP contribution in [0.15, 0.2) is 46.8 Å². The maximum absolute atomic E-state index is 12.5. The predicted octanol–water partition coefficient (Wildman–Crippen LogP) is 2.57. The first kappa shape index (κ1) is 16.7. The molecule has 3 heterocycles. The van der Waals surface area contributed by atoms with E-state index in [1.54, 1.807) is 29.8 Å². The largest absolute Gasteiger partial charge is 0.491 e. The zero-order chi connectivity index (χ0) is 17.9. The third-order valence-corrected chi connectivity index (χ3v) is 4.91. The topological polar surface area (TPSA) is 81.9 Å². The van der Waals surface area contributed by atoms with Crippen LogP contribution in [0, 0.1) is 0 Å². The number of amides is 1. The average Bonchev–Trinajstić information content (AvgIpc) is 3.32. The van der Waals surface area contributed by atoms with Crippen molar-refractivity contribution < 1.29 is 14.3 Å². The quantitative estimate of drug-likeness (QED) is 0.745. The molecule has 0 spiro atoms. The van der Waals surface area contributed by atoms with Crippen LogP contribution >= 0.6 is 11.3 Å². The third-order valence-electron chi connectivity index (χ3n) is 4.14. The van der Waals surface area contributed by atoms with Gasteiger partial charge in [-0.2, -0.15) is 0 Å². The summed E-state index contributed by atoms with van der Waals surface area (Å²) >= 11 is 1.34. The molecule has 0 aliphatic carbocycles. The number of aromatic nitrogens is 2. The van der Waals surface area contributed by atoms with Gasteiger partial charge >= 0.3 is 0 Å². The van der Waals surface area contributed by atoms with Crippen molar-refractivity contribution in [2.75, 3.05) is 18.5 Å². The zero-order valence-electron chi connectivity index (χ0n) is 13.9. The average molecular weight is 371 g/mol. The van der Waals surface area contributed by atoms with Gasteiger partial charge in [0.1, 0.15) is 17.9 Å². The second-order valence-electron chi connectivity index (χ2n) is 5.96. The molecule has 1 aromatic carbocycles. The molecule has 0 radical (unpaired) electrons. The Morgan fingerprint density at radius 3 is 3.23 bits per heavy atom. The number of benzene rings is 1. The summed E-state index contributed by atoms with van der Waals surface area (Å²) in [6, 6.07) is 7.07. The summed E-state index contributed by atoms with van der Waals surface area (Å²) in [5.41, 5.74) is 0.153. The van der Waals surface area contributed by atoms with E-state index in [2.05, 4.69) is 10.3 Å². The van der Waals surface area contributed by atoms with Gasteiger partial charge in [-0.25, -0.2) is 4.98 Å². The Labute approximate surface area is 153 Å². The van der Waals surface area contributed by atoms with Gasteiger partial charge in [-0.1, -0.05) is 6.07 Å². The lowest BCUT2D eigenvalue weighted by molar-refractivity contribution is 0.0680. The standard InChI is InChI=1S/C18H17N3O4S/c22-16(15-10-19-18-21(17(15)23)6-8-26-18)20-12-3-1-4-13(9-12)25-11-14-5-2-7-24-14/h1,3-4,6,8-10,14H,2,5,7,11H2,(H,20,22). The van der Waals surface area contributed by atoms with E-state index in [9.17, 15) is 9.59 Å². The molecule has 0 saturated carbocycles. The Morgan fingerprint density at radius 1 is 1.46 bits per heavy atom. The summed E-state index contributed by atoms with van der Waals surface area (Å²) in [6.07, 6.45) is 5.09. The minimum Gasteiger partial charge on any atom is -0.491 e. The molecule has 3 aromatic rings. The van der Waals surface area contributed by atoms with Crippen molar-refractivity contribution in [3.8, 4) is 5.75 Å². The summed E-state index contributed by atoms with van der Waals surface area (Å²) in [6.45, 7) is 1.26. The lowest BCUT2D eigenvalue weighted by Crippen LogP contribution is -2.25. The summed E-state index contributed by atoms with van der Waals surface area (Å²) in [5, 5.41) is 4.47. The summed E-state index contributed by atoms with van der Waals surface area (Å²) in [5.74, 6) is 0.140. The van der Waals surface area contributed by atoms with Gasteiger partial charge in [0.25, 0.3) is 11.5 Å². The highest BCUT2D eigenvalue weighted by molar-refractivity contribution is 7.15. The molecule has 8 heteroatoms. The normalized spacial score (nSPS) is 16.7. The van der Waals surface area contributed by atoms with Crippen LogP contribution in [-0.2, 0) is 4.74 Å². The van der Waals surface area contributed by atoms with Crippen molar-refractivity contribution in [3.63, 3.8) is 0 Å². The molecular weight excluding hydrogens is 354 g/mol. The number of nitrogens with zero attached hydrogens (tertiary/aromatic N) is 2. The van der Waals surface area contributed by atoms with Crippen molar-refractivity contribution >= 4 is 27.9 Å². The van der Waals surface area contributed by atoms with Crippen LogP contribution in [-0.4, -0.2) is 34.6 Å². The van der Waals surface area contributed by atoms with E-state index in [1.165, 1.54) is 21.9 Å². The second kappa shape index (κ2) is 7.27. The van der Waals surface area contributed by atoms with Crippen molar-refractivity contribution in [2.24, 2.45) is 0 Å². The number of hydrogen-bond donors (Lipinski definition) is 1. The van der Waals surface area contributed by atoms with Crippen LogP contribution in [0.4, 0.5) is 5.69 Å². The van der Waals surface area contributed by atoms with E-state index < -0.39 is 5.91 Å². The molecule has 26 heavy (non-hydrogen) atoms. The lowest BCUT2D eigenvalue weighted by atomic mass is 10.2. The van der Waals surface area contributed by atoms with Gasteiger partial charge in [0, 0.05) is 36.1 Å². The van der Waals surface area contributed by atoms with Gasteiger partial charge < -0.3 is 14.8 Å². The van der Waals surface area contributed by atoms with Crippen molar-refractivity contribution in [1.29, 1.82) is 0 Å². The molecular formula is C18H17N3O4S. The van der Waals surface area contributed by atoms with Crippen LogP contribution in [0.3, 0.4) is 0 Å². The monoisotopic (exact) mass is 371 g/mol. The van der Waals surface area contributed by atoms with Gasteiger partial charge in [0.05, 0.1) is 6.10 Å². The van der Waals surface area contributed by atoms with E-state index >= 15 is 0 Å². The van der Waals surface area contributed by atoms with Crippen LogP contribution in [0.5, 0.6) is 5.75 Å². The number of carbonyl (C=O) groups is 1. The van der Waals surface area contributed by atoms with Crippen LogP contribution in [0.2, 0.25) is 0 Å². The Hall–Kier alpha value is -2.71. The first-order valence-electron chi connectivity index (χ1n) is 8.31. The fourth-order valence-electron chi connectivity index (χ4n) is 2.81. The fourth-order valence-corrected chi connectivity index (χ4v) is 3.48. The minimum atomic E-state index is -0.501. The molecule has 1 N–H and O–H groups in total. The van der Waals surface area contributed by atoms with Gasteiger partial charge in [-0.15, -0.1) is 11.3 Å². The van der Waals surface area contributed by atoms with E-state index in [4.69, 9.17) is 9.47 Å². The second-order valence-corrected chi connectivity index (χ2v) is 6.83. The zero-order valence-corrected chi connectivity index (χ0v) is 14.7. The molecule has 0 bridgehead atoms. The molecule has 1 saturated heterocycles. The highest BCUT2D eigenvalue weighted by Crippen LogP contribution is 2.20. The molecule has 1 unspecified atom stereocenters. The highest BCUT2D eigenvalue weighted by atomic mass is 32.1. The van der Waals surface area contributed by atoms with Crippen molar-refractivity contribution in [3.05, 3.63) is 58.0 Å². The predicted molar refractivity (Wildman–Crippen MR) is 98.2 cm³/mol. The maximum atomic E-state index is 12.5. The van der Waals surface area contributed by atoms with Crippen molar-refractivity contribution in [2.45, 2.75) is 18.9 Å². The molecule has 1 aliphatic heterocycles. The molecule has 134 valence electrons. The molecule has 2 aromatic heterocycles. The highest BCUT2D eigenvalue weighted by Gasteiger charge is 2.17. The smallest absolute Gasteiger partial charge is 0.271 e. The molecule has 4 rings (SSSR count). The summed E-state index contributed by atoms with van der Waals surface area (Å²) < 4.78 is 12.6. The van der Waals surface area contributed by atoms with E-state index in [0.29, 0.717) is 23.0 Å². The number of rotatable bonds is 5. The summed E-state index contributed by atoms with van der Waals surface area (Å²) in [4.78, 5) is 29.5. The minimum absolute atomic E-state index is 0.00780. The van der Waals surface area contributed by atoms with Gasteiger partial charge in [0.2, 0.25) is 0 Å². The van der Waals surface area contributed by atoms with Crippen LogP contribution < -0.4 is 15.6 Å². The van der Waals surface area contributed by atoms with Crippen LogP contribution in [0.1, 0.15) is 23.2 Å². The van der Waals surface area contributed by atoms with E-state index in [-0.39, 0.29) is 17.2 Å². The molecule has 1 aliphatic rings. The van der Waals surface area contributed by atoms with Gasteiger partial charge in [0.15, 0.2) is 4.96 Å². The number of anilines is 1. The third kappa shape index (κ3) is 3.47. The molecule has 1 fully saturated rings. The van der Waals surface area contributed by atoms with E-state index in [0.717, 1.165) is 19.4 Å². The number of fused-ring (bicyclic) bond motifs is 1. The molecule has 1 atom stereocenters. The number of carbonyl (C=O) groups excluding carboxylic acids is 1. The fraction of sp³-hybridized carbons (Fsp3) is 0.278. The number of hydrogen-bond acceptors (Lipinski definition) is 6. The Bertz CT molecular complexity index is 991.